The molecule has 3 N–H and O–H groups in total. The van der Waals surface area contributed by atoms with Gasteiger partial charge in [-0.15, -0.1) is 0 Å². The molecule has 0 spiro atoms. The second-order valence-corrected chi connectivity index (χ2v) is 33.6. The molecule has 19 heteroatoms. The Labute approximate surface area is 632 Å². The van der Waals surface area contributed by atoms with Crippen LogP contribution >= 0.6 is 15.6 Å². The molecule has 0 aromatic rings. The largest absolute Gasteiger partial charge is 0.472 e. The Bertz CT molecular complexity index is 1960. The van der Waals surface area contributed by atoms with Gasteiger partial charge >= 0.3 is 39.5 Å². The van der Waals surface area contributed by atoms with Gasteiger partial charge in [0.15, 0.2) is 12.2 Å². The molecule has 0 aliphatic heterocycles. The molecule has 0 amide bonds. The number of phosphoric ester groups is 2. The summed E-state index contributed by atoms with van der Waals surface area (Å²) in [6.45, 7) is 7.30. The van der Waals surface area contributed by atoms with E-state index in [-0.39, 0.29) is 25.7 Å². The summed E-state index contributed by atoms with van der Waals surface area (Å²) in [5, 5.41) is 10.6. The number of phosphoric acid groups is 2. The number of unbranched alkanes of at least 4 members (excludes halogenated alkanes) is 56. The number of ether oxygens (including phenoxy) is 4. The lowest BCUT2D eigenvalue weighted by Crippen LogP contribution is -2.30. The van der Waals surface area contributed by atoms with E-state index in [1.807, 2.05) is 0 Å². The first-order valence-electron chi connectivity index (χ1n) is 43.6. The fraction of sp³-hybridized carbons (Fsp3) is 0.952. The van der Waals surface area contributed by atoms with Crippen molar-refractivity contribution in [3.05, 3.63) is 0 Å². The van der Waals surface area contributed by atoms with Crippen LogP contribution in [0.2, 0.25) is 0 Å². The highest BCUT2D eigenvalue weighted by atomic mass is 31.2. The highest BCUT2D eigenvalue weighted by Crippen LogP contribution is 2.45. The number of esters is 4. The molecular formula is C84H164O17P2. The Morgan fingerprint density at radius 3 is 0.660 bits per heavy atom. The van der Waals surface area contributed by atoms with Crippen LogP contribution in [0.1, 0.15) is 452 Å². The summed E-state index contributed by atoms with van der Waals surface area (Å²) in [5.41, 5.74) is 0. The first-order valence-corrected chi connectivity index (χ1v) is 46.6. The second kappa shape index (κ2) is 76.8. The molecule has 0 fully saturated rings. The normalized spacial score (nSPS) is 13.8. The van der Waals surface area contributed by atoms with Gasteiger partial charge in [-0.1, -0.05) is 401 Å². The third-order valence-corrected chi connectivity index (χ3v) is 21.7. The van der Waals surface area contributed by atoms with Crippen molar-refractivity contribution in [3.63, 3.8) is 0 Å². The van der Waals surface area contributed by atoms with Crippen molar-refractivity contribution in [1.29, 1.82) is 0 Å². The van der Waals surface area contributed by atoms with Crippen LogP contribution in [0.5, 0.6) is 0 Å². The molecule has 0 aromatic heterocycles. The van der Waals surface area contributed by atoms with Gasteiger partial charge in [0, 0.05) is 25.7 Å². The first-order chi connectivity index (χ1) is 50.0. The van der Waals surface area contributed by atoms with Gasteiger partial charge in [-0.3, -0.25) is 37.3 Å². The SMILES string of the molecule is CCCCCCCCCCCCCCCCCCCCCCCC(=O)OC[C@H](COP(=O)(O)OC[C@@H](O)COP(=O)(O)OC[C@@H](COC(=O)CCCCCCCCCC)OC(=O)CCCCCCCCCCCCC(C)C)OC(=O)CCCCCCCCCCCCCCCCCCCCCCC. The molecule has 0 bridgehead atoms. The zero-order valence-corrected chi connectivity index (χ0v) is 69.3. The third-order valence-electron chi connectivity index (χ3n) is 19.8. The van der Waals surface area contributed by atoms with Crippen molar-refractivity contribution in [2.75, 3.05) is 39.6 Å². The van der Waals surface area contributed by atoms with E-state index in [0.29, 0.717) is 25.7 Å². The zero-order valence-electron chi connectivity index (χ0n) is 67.5. The van der Waals surface area contributed by atoms with Gasteiger partial charge < -0.3 is 33.8 Å². The molecule has 0 radical (unpaired) electrons. The van der Waals surface area contributed by atoms with Crippen LogP contribution in [0.3, 0.4) is 0 Å². The van der Waals surface area contributed by atoms with Crippen molar-refractivity contribution in [2.24, 2.45) is 5.92 Å². The lowest BCUT2D eigenvalue weighted by molar-refractivity contribution is -0.161. The van der Waals surface area contributed by atoms with E-state index in [0.717, 1.165) is 102 Å². The van der Waals surface area contributed by atoms with E-state index in [1.165, 1.54) is 270 Å². The van der Waals surface area contributed by atoms with Gasteiger partial charge in [0.25, 0.3) is 0 Å². The summed E-state index contributed by atoms with van der Waals surface area (Å²) in [6, 6.07) is 0. The van der Waals surface area contributed by atoms with Gasteiger partial charge in [0.2, 0.25) is 0 Å². The molecule has 103 heavy (non-hydrogen) atoms. The lowest BCUT2D eigenvalue weighted by atomic mass is 10.0. The Morgan fingerprint density at radius 2 is 0.447 bits per heavy atom. The van der Waals surface area contributed by atoms with Crippen LogP contribution in [0.15, 0.2) is 0 Å². The third kappa shape index (κ3) is 78.0. The second-order valence-electron chi connectivity index (χ2n) is 30.7. The molecule has 0 saturated heterocycles. The Kier molecular flexibility index (Phi) is 75.4. The number of aliphatic hydroxyl groups excluding tert-OH is 1. The van der Waals surface area contributed by atoms with Crippen molar-refractivity contribution in [2.45, 2.75) is 470 Å². The van der Waals surface area contributed by atoms with Gasteiger partial charge in [0.1, 0.15) is 19.3 Å². The average Bonchev–Trinajstić information content (AvgIpc) is 0.930. The Balaban J connectivity index is 5.17. The molecule has 0 aliphatic carbocycles. The molecule has 0 aromatic carbocycles. The number of hydrogen-bond acceptors (Lipinski definition) is 15. The summed E-state index contributed by atoms with van der Waals surface area (Å²) < 4.78 is 68.7. The van der Waals surface area contributed by atoms with E-state index in [1.54, 1.807) is 0 Å². The highest BCUT2D eigenvalue weighted by molar-refractivity contribution is 7.47. The minimum Gasteiger partial charge on any atom is -0.462 e. The van der Waals surface area contributed by atoms with Crippen molar-refractivity contribution in [3.8, 4) is 0 Å². The predicted molar refractivity (Wildman–Crippen MR) is 423 cm³/mol. The summed E-state index contributed by atoms with van der Waals surface area (Å²) in [5.74, 6) is -1.36. The van der Waals surface area contributed by atoms with E-state index in [2.05, 4.69) is 34.6 Å². The van der Waals surface area contributed by atoms with E-state index in [4.69, 9.17) is 37.0 Å². The van der Waals surface area contributed by atoms with E-state index in [9.17, 15) is 43.2 Å². The van der Waals surface area contributed by atoms with Crippen LogP contribution in [0, 0.1) is 5.92 Å². The van der Waals surface area contributed by atoms with Crippen LogP contribution in [0.25, 0.3) is 0 Å². The lowest BCUT2D eigenvalue weighted by Gasteiger charge is -2.21. The minimum absolute atomic E-state index is 0.106. The van der Waals surface area contributed by atoms with E-state index < -0.39 is 97.5 Å². The smallest absolute Gasteiger partial charge is 0.462 e. The van der Waals surface area contributed by atoms with Crippen molar-refractivity contribution >= 4 is 39.5 Å². The topological polar surface area (TPSA) is 237 Å². The maximum Gasteiger partial charge on any atom is 0.472 e. The number of hydrogen-bond donors (Lipinski definition) is 3. The summed E-state index contributed by atoms with van der Waals surface area (Å²) >= 11 is 0. The predicted octanol–water partition coefficient (Wildman–Crippen LogP) is 25.6. The fourth-order valence-electron chi connectivity index (χ4n) is 13.1. The highest BCUT2D eigenvalue weighted by Gasteiger charge is 2.30. The molecule has 2 unspecified atom stereocenters. The summed E-state index contributed by atoms with van der Waals surface area (Å²) in [7, 11) is -9.92. The fourth-order valence-corrected chi connectivity index (χ4v) is 14.7. The molecule has 0 aliphatic rings. The molecular weight excluding hydrogens is 1340 g/mol. The molecule has 0 heterocycles. The standard InChI is InChI=1S/C84H164O17P2/c1-6-9-12-15-18-21-23-25-27-29-31-33-35-37-39-41-43-48-53-58-63-68-82(87)95-74-80(101-83(88)69-64-59-54-49-44-42-40-38-36-34-32-30-28-26-24-22-19-16-13-10-7-2)76-99-103(92,93)97-72-78(85)71-96-102(90,91)98-75-79(73-94-81(86)67-62-57-52-20-17-14-11-8-3)100-84(89)70-65-60-55-50-46-45-47-51-56-61-66-77(4)5/h77-80,85H,6-76H2,1-5H3,(H,90,91)(H,92,93)/t78-,79+,80+/m0/s1. The molecule has 0 rings (SSSR count). The molecule has 17 nitrogen and oxygen atoms in total. The van der Waals surface area contributed by atoms with Gasteiger partial charge in [0.05, 0.1) is 26.4 Å². The average molecular weight is 1510 g/mol. The van der Waals surface area contributed by atoms with Crippen LogP contribution < -0.4 is 0 Å². The zero-order chi connectivity index (χ0) is 75.5. The van der Waals surface area contributed by atoms with Crippen molar-refractivity contribution < 1.29 is 80.2 Å². The summed E-state index contributed by atoms with van der Waals surface area (Å²) in [6.07, 6.45) is 69.7. The maximum absolute atomic E-state index is 13.1. The summed E-state index contributed by atoms with van der Waals surface area (Å²) in [4.78, 5) is 73.0. The Hall–Kier alpha value is -1.94. The number of rotatable bonds is 84. The van der Waals surface area contributed by atoms with Crippen LogP contribution in [-0.4, -0.2) is 96.7 Å². The van der Waals surface area contributed by atoms with Crippen LogP contribution in [0.4, 0.5) is 0 Å². The van der Waals surface area contributed by atoms with Crippen molar-refractivity contribution in [1.82, 2.24) is 0 Å². The van der Waals surface area contributed by atoms with Gasteiger partial charge in [-0.25, -0.2) is 9.13 Å². The number of aliphatic hydroxyl groups is 1. The molecule has 612 valence electrons. The van der Waals surface area contributed by atoms with Gasteiger partial charge in [-0.05, 0) is 31.6 Å². The van der Waals surface area contributed by atoms with Gasteiger partial charge in [-0.2, -0.15) is 0 Å². The quantitative estimate of drug-likeness (QED) is 0.0222. The number of carbonyl (C=O) groups excluding carboxylic acids is 4. The first kappa shape index (κ1) is 101. The maximum atomic E-state index is 13.1. The molecule has 5 atom stereocenters. The Morgan fingerprint density at radius 1 is 0.262 bits per heavy atom. The molecule has 0 saturated carbocycles. The van der Waals surface area contributed by atoms with E-state index >= 15 is 0 Å². The van der Waals surface area contributed by atoms with Crippen LogP contribution in [-0.2, 0) is 65.4 Å². The minimum atomic E-state index is -4.96. The number of carbonyl (C=O) groups is 4. The monoisotopic (exact) mass is 1510 g/mol.